The van der Waals surface area contributed by atoms with Gasteiger partial charge in [-0.05, 0) is 48.9 Å². The number of carbonyl (C=O) groups excluding carboxylic acids is 1. The van der Waals surface area contributed by atoms with Crippen LogP contribution in [0.5, 0.6) is 0 Å². The molecule has 0 aliphatic rings. The van der Waals surface area contributed by atoms with Gasteiger partial charge in [0.25, 0.3) is 0 Å². The molecule has 0 fully saturated rings. The second-order valence-corrected chi connectivity index (χ2v) is 4.67. The molecule has 2 aromatic rings. The molecule has 0 atom stereocenters. The maximum Gasteiger partial charge on any atom is 0.193 e. The van der Waals surface area contributed by atoms with E-state index >= 15 is 0 Å². The molecular formula is C14H10Cl2O. The normalized spacial score (nSPS) is 10.3. The smallest absolute Gasteiger partial charge is 0.193 e. The zero-order chi connectivity index (χ0) is 12.4. The van der Waals surface area contributed by atoms with Crippen molar-refractivity contribution in [3.8, 4) is 0 Å². The molecule has 17 heavy (non-hydrogen) atoms. The molecule has 0 heterocycles. The van der Waals surface area contributed by atoms with E-state index in [-0.39, 0.29) is 5.78 Å². The molecule has 0 N–H and O–H groups in total. The Kier molecular flexibility index (Phi) is 3.51. The molecule has 0 aliphatic heterocycles. The zero-order valence-electron chi connectivity index (χ0n) is 9.21. The van der Waals surface area contributed by atoms with Gasteiger partial charge in [0.15, 0.2) is 5.78 Å². The van der Waals surface area contributed by atoms with Gasteiger partial charge in [0, 0.05) is 21.2 Å². The van der Waals surface area contributed by atoms with Crippen LogP contribution in [0.4, 0.5) is 0 Å². The fraction of sp³-hybridized carbons (Fsp3) is 0.0714. The monoisotopic (exact) mass is 264 g/mol. The summed E-state index contributed by atoms with van der Waals surface area (Å²) in [5.74, 6) is -0.0401. The zero-order valence-corrected chi connectivity index (χ0v) is 10.7. The van der Waals surface area contributed by atoms with Gasteiger partial charge in [0.1, 0.15) is 0 Å². The van der Waals surface area contributed by atoms with E-state index < -0.39 is 0 Å². The molecule has 0 spiro atoms. The number of benzene rings is 2. The van der Waals surface area contributed by atoms with E-state index in [1.807, 2.05) is 13.0 Å². The molecule has 0 saturated heterocycles. The standard InChI is InChI=1S/C14H10Cl2O/c1-9-2-5-12(16)8-13(9)14(17)10-3-6-11(15)7-4-10/h2-8H,1H3. The molecule has 2 rings (SSSR count). The molecule has 0 saturated carbocycles. The van der Waals surface area contributed by atoms with Crippen LogP contribution in [0.1, 0.15) is 21.5 Å². The van der Waals surface area contributed by atoms with Crippen LogP contribution in [-0.2, 0) is 0 Å². The summed E-state index contributed by atoms with van der Waals surface area (Å²) < 4.78 is 0. The molecule has 3 heteroatoms. The highest BCUT2D eigenvalue weighted by molar-refractivity contribution is 6.31. The molecule has 2 aromatic carbocycles. The summed E-state index contributed by atoms with van der Waals surface area (Å²) in [4.78, 5) is 12.2. The first-order valence-corrected chi connectivity index (χ1v) is 5.90. The van der Waals surface area contributed by atoms with E-state index in [4.69, 9.17) is 23.2 Å². The van der Waals surface area contributed by atoms with Crippen LogP contribution in [0.25, 0.3) is 0 Å². The van der Waals surface area contributed by atoms with Crippen molar-refractivity contribution < 1.29 is 4.79 Å². The first-order valence-electron chi connectivity index (χ1n) is 5.14. The Labute approximate surface area is 110 Å². The largest absolute Gasteiger partial charge is 0.289 e. The number of hydrogen-bond donors (Lipinski definition) is 0. The highest BCUT2D eigenvalue weighted by atomic mass is 35.5. The number of halogens is 2. The minimum absolute atomic E-state index is 0.0401. The van der Waals surface area contributed by atoms with Gasteiger partial charge in [-0.25, -0.2) is 0 Å². The Morgan fingerprint density at radius 3 is 2.18 bits per heavy atom. The maximum atomic E-state index is 12.2. The third-order valence-corrected chi connectivity index (χ3v) is 3.04. The predicted octanol–water partition coefficient (Wildman–Crippen LogP) is 4.53. The van der Waals surface area contributed by atoms with Gasteiger partial charge >= 0.3 is 0 Å². The van der Waals surface area contributed by atoms with Gasteiger partial charge in [0.05, 0.1) is 0 Å². The Bertz CT molecular complexity index is 559. The summed E-state index contributed by atoms with van der Waals surface area (Å²) in [6.45, 7) is 1.89. The van der Waals surface area contributed by atoms with E-state index in [1.165, 1.54) is 0 Å². The summed E-state index contributed by atoms with van der Waals surface area (Å²) in [6.07, 6.45) is 0. The number of ketones is 1. The average Bonchev–Trinajstić information content (AvgIpc) is 2.32. The molecule has 0 aromatic heterocycles. The summed E-state index contributed by atoms with van der Waals surface area (Å²) in [5.41, 5.74) is 2.15. The summed E-state index contributed by atoms with van der Waals surface area (Å²) in [6, 6.07) is 12.1. The minimum Gasteiger partial charge on any atom is -0.289 e. The number of hydrogen-bond acceptors (Lipinski definition) is 1. The van der Waals surface area contributed by atoms with Crippen LogP contribution < -0.4 is 0 Å². The second kappa shape index (κ2) is 4.91. The third kappa shape index (κ3) is 2.68. The summed E-state index contributed by atoms with van der Waals surface area (Å²) in [5, 5.41) is 1.18. The van der Waals surface area contributed by atoms with Crippen molar-refractivity contribution in [2.45, 2.75) is 6.92 Å². The Hall–Kier alpha value is -1.31. The van der Waals surface area contributed by atoms with Crippen molar-refractivity contribution >= 4 is 29.0 Å². The lowest BCUT2D eigenvalue weighted by Crippen LogP contribution is -2.03. The lowest BCUT2D eigenvalue weighted by atomic mass is 9.99. The van der Waals surface area contributed by atoms with Crippen molar-refractivity contribution in [3.63, 3.8) is 0 Å². The van der Waals surface area contributed by atoms with Gasteiger partial charge in [-0.1, -0.05) is 29.3 Å². The first-order chi connectivity index (χ1) is 8.08. The molecule has 0 unspecified atom stereocenters. The number of carbonyl (C=O) groups is 1. The van der Waals surface area contributed by atoms with E-state index in [2.05, 4.69) is 0 Å². The van der Waals surface area contributed by atoms with E-state index in [0.717, 1.165) is 5.56 Å². The topological polar surface area (TPSA) is 17.1 Å². The second-order valence-electron chi connectivity index (χ2n) is 3.80. The molecule has 0 amide bonds. The maximum absolute atomic E-state index is 12.2. The van der Waals surface area contributed by atoms with Crippen LogP contribution in [0.15, 0.2) is 42.5 Å². The molecule has 0 aliphatic carbocycles. The molecule has 1 nitrogen and oxygen atoms in total. The van der Waals surface area contributed by atoms with Crippen molar-refractivity contribution in [2.24, 2.45) is 0 Å². The lowest BCUT2D eigenvalue weighted by Gasteiger charge is -2.05. The van der Waals surface area contributed by atoms with Crippen LogP contribution in [0.2, 0.25) is 10.0 Å². The third-order valence-electron chi connectivity index (χ3n) is 2.55. The molecule has 0 bridgehead atoms. The van der Waals surface area contributed by atoms with Crippen LogP contribution >= 0.6 is 23.2 Å². The Morgan fingerprint density at radius 1 is 0.941 bits per heavy atom. The summed E-state index contributed by atoms with van der Waals surface area (Å²) in [7, 11) is 0. The van der Waals surface area contributed by atoms with Crippen LogP contribution in [0, 0.1) is 6.92 Å². The molecule has 86 valence electrons. The highest BCUT2D eigenvalue weighted by Gasteiger charge is 2.11. The number of aryl methyl sites for hydroxylation is 1. The fourth-order valence-corrected chi connectivity index (χ4v) is 1.89. The average molecular weight is 265 g/mol. The van der Waals surface area contributed by atoms with Gasteiger partial charge < -0.3 is 0 Å². The number of rotatable bonds is 2. The van der Waals surface area contributed by atoms with Crippen LogP contribution in [0.3, 0.4) is 0 Å². The first kappa shape index (κ1) is 12.2. The molecule has 0 radical (unpaired) electrons. The van der Waals surface area contributed by atoms with Crippen molar-refractivity contribution in [1.82, 2.24) is 0 Å². The van der Waals surface area contributed by atoms with E-state index in [1.54, 1.807) is 36.4 Å². The predicted molar refractivity (Wildman–Crippen MR) is 71.1 cm³/mol. The lowest BCUT2D eigenvalue weighted by molar-refractivity contribution is 0.103. The van der Waals surface area contributed by atoms with Gasteiger partial charge in [-0.2, -0.15) is 0 Å². The fourth-order valence-electron chi connectivity index (χ4n) is 1.60. The van der Waals surface area contributed by atoms with Crippen molar-refractivity contribution in [3.05, 3.63) is 69.2 Å². The van der Waals surface area contributed by atoms with E-state index in [9.17, 15) is 4.79 Å². The van der Waals surface area contributed by atoms with Crippen molar-refractivity contribution in [1.29, 1.82) is 0 Å². The van der Waals surface area contributed by atoms with Gasteiger partial charge in [-0.3, -0.25) is 4.79 Å². The Morgan fingerprint density at radius 2 is 1.53 bits per heavy atom. The molecular weight excluding hydrogens is 255 g/mol. The minimum atomic E-state index is -0.0401. The highest BCUT2D eigenvalue weighted by Crippen LogP contribution is 2.20. The van der Waals surface area contributed by atoms with Crippen molar-refractivity contribution in [2.75, 3.05) is 0 Å². The summed E-state index contributed by atoms with van der Waals surface area (Å²) >= 11 is 11.7. The van der Waals surface area contributed by atoms with Crippen LogP contribution in [-0.4, -0.2) is 5.78 Å². The Balaban J connectivity index is 2.43. The van der Waals surface area contributed by atoms with Gasteiger partial charge in [-0.15, -0.1) is 0 Å². The quantitative estimate of drug-likeness (QED) is 0.729. The van der Waals surface area contributed by atoms with Gasteiger partial charge in [0.2, 0.25) is 0 Å². The SMILES string of the molecule is Cc1ccc(Cl)cc1C(=O)c1ccc(Cl)cc1. The van der Waals surface area contributed by atoms with E-state index in [0.29, 0.717) is 21.2 Å².